The van der Waals surface area contributed by atoms with Gasteiger partial charge in [-0.1, -0.05) is 0 Å². The second kappa shape index (κ2) is 5.60. The zero-order valence-corrected chi connectivity index (χ0v) is 8.95. The van der Waals surface area contributed by atoms with Crippen LogP contribution in [-0.2, 0) is 0 Å². The molecule has 1 rings (SSSR count). The van der Waals surface area contributed by atoms with E-state index in [1.54, 1.807) is 6.92 Å². The first-order valence-electron chi connectivity index (χ1n) is 4.87. The molecule has 0 aliphatic rings. The molecular weight excluding hydrogens is 218 g/mol. The third-order valence-electron chi connectivity index (χ3n) is 2.13. The number of hydrogen-bond acceptors (Lipinski definition) is 3. The van der Waals surface area contributed by atoms with Gasteiger partial charge in [-0.15, -0.1) is 0 Å². The summed E-state index contributed by atoms with van der Waals surface area (Å²) in [4.78, 5) is 12.9. The number of nitrogens with zero attached hydrogens (tertiary/aromatic N) is 1. The van der Waals surface area contributed by atoms with Crippen LogP contribution < -0.4 is 5.73 Å². The van der Waals surface area contributed by atoms with Crippen LogP contribution in [0.15, 0.2) is 16.7 Å². The van der Waals surface area contributed by atoms with E-state index in [4.69, 9.17) is 10.2 Å². The lowest BCUT2D eigenvalue weighted by atomic mass is 10.2. The Hall–Kier alpha value is -1.43. The van der Waals surface area contributed by atoms with E-state index >= 15 is 0 Å². The second-order valence-corrected chi connectivity index (χ2v) is 3.32. The molecule has 1 aromatic heterocycles. The molecule has 0 aliphatic carbocycles. The van der Waals surface area contributed by atoms with Crippen LogP contribution in [0, 0.1) is 6.92 Å². The Kier molecular flexibility index (Phi) is 4.42. The van der Waals surface area contributed by atoms with Crippen molar-refractivity contribution in [3.8, 4) is 0 Å². The highest BCUT2D eigenvalue weighted by Gasteiger charge is 2.21. The highest BCUT2D eigenvalue weighted by atomic mass is 19.3. The molecule has 1 aromatic rings. The summed E-state index contributed by atoms with van der Waals surface area (Å²) in [6, 6.07) is 1.46. The standard InChI is InChI=1S/C10H14F2N2O2/c1-7-8(2-5-16-7)10(15)14(4-3-13)6-9(11)12/h2,5,9H,3-4,6,13H2,1H3. The van der Waals surface area contributed by atoms with Gasteiger partial charge in [0, 0.05) is 13.1 Å². The molecule has 4 nitrogen and oxygen atoms in total. The van der Waals surface area contributed by atoms with Crippen LogP contribution in [0.2, 0.25) is 0 Å². The number of carbonyl (C=O) groups is 1. The van der Waals surface area contributed by atoms with E-state index in [0.29, 0.717) is 11.3 Å². The van der Waals surface area contributed by atoms with Crippen LogP contribution in [-0.4, -0.2) is 36.9 Å². The van der Waals surface area contributed by atoms with Crippen molar-refractivity contribution in [2.45, 2.75) is 13.3 Å². The lowest BCUT2D eigenvalue weighted by Crippen LogP contribution is -2.38. The van der Waals surface area contributed by atoms with Gasteiger partial charge in [-0.2, -0.15) is 0 Å². The van der Waals surface area contributed by atoms with Crippen molar-refractivity contribution in [2.75, 3.05) is 19.6 Å². The molecule has 0 saturated heterocycles. The number of aryl methyl sites for hydroxylation is 1. The zero-order chi connectivity index (χ0) is 12.1. The van der Waals surface area contributed by atoms with Crippen molar-refractivity contribution in [3.63, 3.8) is 0 Å². The molecule has 6 heteroatoms. The second-order valence-electron chi connectivity index (χ2n) is 3.32. The fourth-order valence-electron chi connectivity index (χ4n) is 1.38. The first kappa shape index (κ1) is 12.6. The number of furan rings is 1. The molecule has 0 spiro atoms. The van der Waals surface area contributed by atoms with Gasteiger partial charge in [-0.25, -0.2) is 8.78 Å². The average molecular weight is 232 g/mol. The summed E-state index contributed by atoms with van der Waals surface area (Å²) in [6.45, 7) is 1.25. The maximum atomic E-state index is 12.3. The monoisotopic (exact) mass is 232 g/mol. The van der Waals surface area contributed by atoms with E-state index in [1.165, 1.54) is 12.3 Å². The molecule has 0 atom stereocenters. The summed E-state index contributed by atoms with van der Waals surface area (Å²) >= 11 is 0. The molecule has 0 radical (unpaired) electrons. The minimum absolute atomic E-state index is 0.105. The first-order valence-corrected chi connectivity index (χ1v) is 4.87. The largest absolute Gasteiger partial charge is 0.469 e. The number of nitrogens with two attached hydrogens (primary N) is 1. The van der Waals surface area contributed by atoms with E-state index in [1.807, 2.05) is 0 Å². The van der Waals surface area contributed by atoms with Crippen molar-refractivity contribution in [2.24, 2.45) is 5.73 Å². The summed E-state index contributed by atoms with van der Waals surface area (Å²) < 4.78 is 29.5. The Labute approximate surface area is 92.0 Å². The van der Waals surface area contributed by atoms with E-state index in [0.717, 1.165) is 4.90 Å². The molecule has 90 valence electrons. The lowest BCUT2D eigenvalue weighted by Gasteiger charge is -2.21. The Morgan fingerprint density at radius 1 is 1.62 bits per heavy atom. The van der Waals surface area contributed by atoms with E-state index in [-0.39, 0.29) is 13.1 Å². The maximum absolute atomic E-state index is 12.3. The van der Waals surface area contributed by atoms with Crippen molar-refractivity contribution in [1.82, 2.24) is 4.90 Å². The van der Waals surface area contributed by atoms with Crippen molar-refractivity contribution in [3.05, 3.63) is 23.7 Å². The Morgan fingerprint density at radius 3 is 2.75 bits per heavy atom. The summed E-state index contributed by atoms with van der Waals surface area (Å²) in [5.74, 6) is -0.0571. The van der Waals surface area contributed by atoms with Crippen molar-refractivity contribution in [1.29, 1.82) is 0 Å². The van der Waals surface area contributed by atoms with Gasteiger partial charge in [-0.3, -0.25) is 4.79 Å². The van der Waals surface area contributed by atoms with Gasteiger partial charge >= 0.3 is 0 Å². The highest BCUT2D eigenvalue weighted by molar-refractivity contribution is 5.95. The third kappa shape index (κ3) is 3.03. The maximum Gasteiger partial charge on any atom is 0.257 e. The molecule has 16 heavy (non-hydrogen) atoms. The molecule has 0 saturated carbocycles. The predicted molar refractivity (Wildman–Crippen MR) is 54.4 cm³/mol. The van der Waals surface area contributed by atoms with Gasteiger partial charge in [0.2, 0.25) is 0 Å². The number of alkyl halides is 2. The molecule has 2 N–H and O–H groups in total. The van der Waals surface area contributed by atoms with Crippen LogP contribution in [0.3, 0.4) is 0 Å². The van der Waals surface area contributed by atoms with Crippen molar-refractivity contribution < 1.29 is 18.0 Å². The molecule has 0 bridgehead atoms. The molecule has 0 fully saturated rings. The third-order valence-corrected chi connectivity index (χ3v) is 2.13. The van der Waals surface area contributed by atoms with Gasteiger partial charge < -0.3 is 15.1 Å². The number of amides is 1. The Balaban J connectivity index is 2.78. The number of rotatable bonds is 5. The fraction of sp³-hybridized carbons (Fsp3) is 0.500. The number of halogens is 2. The minimum Gasteiger partial charge on any atom is -0.469 e. The van der Waals surface area contributed by atoms with Crippen LogP contribution in [0.25, 0.3) is 0 Å². The Bertz CT molecular complexity index is 352. The lowest BCUT2D eigenvalue weighted by molar-refractivity contribution is 0.0561. The van der Waals surface area contributed by atoms with Gasteiger partial charge in [0.25, 0.3) is 12.3 Å². The van der Waals surface area contributed by atoms with Crippen LogP contribution in [0.1, 0.15) is 16.1 Å². The summed E-state index contributed by atoms with van der Waals surface area (Å²) in [6.07, 6.45) is -1.21. The van der Waals surface area contributed by atoms with Gasteiger partial charge in [0.05, 0.1) is 18.4 Å². The molecule has 0 unspecified atom stereocenters. The number of carbonyl (C=O) groups excluding carboxylic acids is 1. The minimum atomic E-state index is -2.57. The smallest absolute Gasteiger partial charge is 0.257 e. The SMILES string of the molecule is Cc1occc1C(=O)N(CCN)CC(F)F. The van der Waals surface area contributed by atoms with E-state index < -0.39 is 18.9 Å². The average Bonchev–Trinajstić information content (AvgIpc) is 2.62. The highest BCUT2D eigenvalue weighted by Crippen LogP contribution is 2.12. The predicted octanol–water partition coefficient (Wildman–Crippen LogP) is 1.25. The Morgan fingerprint density at radius 2 is 2.31 bits per heavy atom. The molecule has 1 heterocycles. The molecule has 0 aliphatic heterocycles. The summed E-state index contributed by atoms with van der Waals surface area (Å²) in [5, 5.41) is 0. The molecule has 1 amide bonds. The van der Waals surface area contributed by atoms with Crippen molar-refractivity contribution >= 4 is 5.91 Å². The van der Waals surface area contributed by atoms with Crippen LogP contribution in [0.4, 0.5) is 8.78 Å². The van der Waals surface area contributed by atoms with Gasteiger partial charge in [0.15, 0.2) is 0 Å². The quantitative estimate of drug-likeness (QED) is 0.831. The zero-order valence-electron chi connectivity index (χ0n) is 8.95. The van der Waals surface area contributed by atoms with Crippen LogP contribution in [0.5, 0.6) is 0 Å². The van der Waals surface area contributed by atoms with E-state index in [2.05, 4.69) is 0 Å². The molecule has 0 aromatic carbocycles. The van der Waals surface area contributed by atoms with Gasteiger partial charge in [-0.05, 0) is 13.0 Å². The fourth-order valence-corrected chi connectivity index (χ4v) is 1.38. The summed E-state index contributed by atoms with van der Waals surface area (Å²) in [7, 11) is 0. The number of hydrogen-bond donors (Lipinski definition) is 1. The first-order chi connectivity index (χ1) is 7.56. The molecular formula is C10H14F2N2O2. The topological polar surface area (TPSA) is 59.5 Å². The van der Waals surface area contributed by atoms with Crippen LogP contribution >= 0.6 is 0 Å². The summed E-state index contributed by atoms with van der Waals surface area (Å²) in [5.41, 5.74) is 5.57. The normalized spacial score (nSPS) is 10.8. The van der Waals surface area contributed by atoms with E-state index in [9.17, 15) is 13.6 Å². The van der Waals surface area contributed by atoms with Gasteiger partial charge in [0.1, 0.15) is 5.76 Å².